The van der Waals surface area contributed by atoms with E-state index < -0.39 is 0 Å². The molecule has 2 rings (SSSR count). The molecule has 1 heterocycles. The maximum atomic E-state index is 12.4. The zero-order chi connectivity index (χ0) is 15.4. The van der Waals surface area contributed by atoms with Gasteiger partial charge in [-0.3, -0.25) is 4.79 Å². The molecule has 1 saturated heterocycles. The fraction of sp³-hybridized carbons (Fsp3) is 0.562. The van der Waals surface area contributed by atoms with Crippen molar-refractivity contribution in [2.45, 2.75) is 32.7 Å². The molecular formula is C16H24Cl2N2O2. The second-order valence-corrected chi connectivity index (χ2v) is 6.17. The molecule has 2 unspecified atom stereocenters. The summed E-state index contributed by atoms with van der Waals surface area (Å²) >= 11 is 6.05. The van der Waals surface area contributed by atoms with Gasteiger partial charge >= 0.3 is 0 Å². The first-order valence-electron chi connectivity index (χ1n) is 7.40. The molecule has 0 bridgehead atoms. The van der Waals surface area contributed by atoms with Gasteiger partial charge in [0.1, 0.15) is 5.75 Å². The van der Waals surface area contributed by atoms with Gasteiger partial charge in [0, 0.05) is 29.7 Å². The molecule has 0 aromatic heterocycles. The van der Waals surface area contributed by atoms with Gasteiger partial charge < -0.3 is 15.4 Å². The first kappa shape index (κ1) is 19.1. The highest BCUT2D eigenvalue weighted by atomic mass is 35.5. The van der Waals surface area contributed by atoms with Gasteiger partial charge in [-0.1, -0.05) is 24.6 Å². The third kappa shape index (κ3) is 4.51. The topological polar surface area (TPSA) is 55.6 Å². The Morgan fingerprint density at radius 1 is 1.50 bits per heavy atom. The maximum absolute atomic E-state index is 12.4. The van der Waals surface area contributed by atoms with Crippen molar-refractivity contribution in [3.63, 3.8) is 0 Å². The lowest BCUT2D eigenvalue weighted by molar-refractivity contribution is -0.137. The van der Waals surface area contributed by atoms with E-state index in [4.69, 9.17) is 22.1 Å². The van der Waals surface area contributed by atoms with Gasteiger partial charge in [-0.05, 0) is 37.8 Å². The number of nitrogens with zero attached hydrogens (tertiary/aromatic N) is 1. The molecule has 1 aliphatic heterocycles. The van der Waals surface area contributed by atoms with E-state index in [-0.39, 0.29) is 31.0 Å². The van der Waals surface area contributed by atoms with E-state index in [2.05, 4.69) is 6.92 Å². The summed E-state index contributed by atoms with van der Waals surface area (Å²) in [5, 5.41) is 0.645. The van der Waals surface area contributed by atoms with Crippen LogP contribution >= 0.6 is 24.0 Å². The summed E-state index contributed by atoms with van der Waals surface area (Å²) in [4.78, 5) is 14.2. The Kier molecular flexibility index (Phi) is 7.46. The molecule has 0 saturated carbocycles. The quantitative estimate of drug-likeness (QED) is 0.911. The first-order valence-corrected chi connectivity index (χ1v) is 7.78. The lowest BCUT2D eigenvalue weighted by Gasteiger charge is -2.37. The third-order valence-corrected chi connectivity index (χ3v) is 4.55. The summed E-state index contributed by atoms with van der Waals surface area (Å²) in [7, 11) is 0. The first-order chi connectivity index (χ1) is 10.0. The molecule has 1 fully saturated rings. The monoisotopic (exact) mass is 346 g/mol. The zero-order valence-corrected chi connectivity index (χ0v) is 14.6. The van der Waals surface area contributed by atoms with Crippen LogP contribution in [-0.4, -0.2) is 36.5 Å². The SMILES string of the molecule is Cc1c(Cl)cccc1OCC(=O)N1CCC(C)CC1CN.Cl. The van der Waals surface area contributed by atoms with Crippen LogP contribution in [0.3, 0.4) is 0 Å². The van der Waals surface area contributed by atoms with Crippen LogP contribution in [0.5, 0.6) is 5.75 Å². The second-order valence-electron chi connectivity index (χ2n) is 5.76. The van der Waals surface area contributed by atoms with Crippen molar-refractivity contribution < 1.29 is 9.53 Å². The maximum Gasteiger partial charge on any atom is 0.260 e. The molecule has 1 aliphatic rings. The van der Waals surface area contributed by atoms with Crippen molar-refractivity contribution in [1.29, 1.82) is 0 Å². The molecule has 0 aliphatic carbocycles. The molecule has 2 N–H and O–H groups in total. The number of ether oxygens (including phenoxy) is 1. The molecule has 124 valence electrons. The predicted octanol–water partition coefficient (Wildman–Crippen LogP) is 3.03. The summed E-state index contributed by atoms with van der Waals surface area (Å²) < 4.78 is 5.64. The summed E-state index contributed by atoms with van der Waals surface area (Å²) in [6.45, 7) is 5.39. The van der Waals surface area contributed by atoms with E-state index in [1.54, 1.807) is 0 Å². The van der Waals surface area contributed by atoms with E-state index in [1.165, 1.54) is 0 Å². The Bertz CT molecular complexity index is 511. The van der Waals surface area contributed by atoms with Crippen LogP contribution in [0.4, 0.5) is 0 Å². The summed E-state index contributed by atoms with van der Waals surface area (Å²) in [5.41, 5.74) is 6.65. The molecule has 2 atom stereocenters. The number of carbonyl (C=O) groups is 1. The van der Waals surface area contributed by atoms with Gasteiger partial charge in [-0.25, -0.2) is 0 Å². The number of benzene rings is 1. The van der Waals surface area contributed by atoms with Crippen LogP contribution < -0.4 is 10.5 Å². The Labute approximate surface area is 143 Å². The third-order valence-electron chi connectivity index (χ3n) is 4.14. The van der Waals surface area contributed by atoms with Gasteiger partial charge in [-0.2, -0.15) is 0 Å². The molecule has 1 amide bonds. The Hall–Kier alpha value is -0.970. The number of halogens is 2. The van der Waals surface area contributed by atoms with E-state index in [0.717, 1.165) is 24.9 Å². The summed E-state index contributed by atoms with van der Waals surface area (Å²) in [5.74, 6) is 1.28. The standard InChI is InChI=1S/C16H23ClN2O2.ClH/c1-11-6-7-19(13(8-11)9-18)16(20)10-21-15-5-3-4-14(17)12(15)2;/h3-5,11,13H,6-10,18H2,1-2H3;1H. The Balaban J connectivity index is 0.00000242. The number of likely N-dealkylation sites (tertiary alicyclic amines) is 1. The van der Waals surface area contributed by atoms with Crippen LogP contribution in [0.25, 0.3) is 0 Å². The number of amides is 1. The molecular weight excluding hydrogens is 323 g/mol. The van der Waals surface area contributed by atoms with Crippen molar-refractivity contribution in [3.05, 3.63) is 28.8 Å². The summed E-state index contributed by atoms with van der Waals surface area (Å²) in [6.07, 6.45) is 2.00. The number of rotatable bonds is 4. The molecule has 0 radical (unpaired) electrons. The number of nitrogens with two attached hydrogens (primary N) is 1. The van der Waals surface area contributed by atoms with Crippen LogP contribution in [0.15, 0.2) is 18.2 Å². The van der Waals surface area contributed by atoms with E-state index >= 15 is 0 Å². The molecule has 1 aromatic rings. The van der Waals surface area contributed by atoms with Crippen LogP contribution in [0, 0.1) is 12.8 Å². The van der Waals surface area contributed by atoms with Gasteiger partial charge in [0.15, 0.2) is 6.61 Å². The van der Waals surface area contributed by atoms with E-state index in [1.807, 2.05) is 30.0 Å². The van der Waals surface area contributed by atoms with Gasteiger partial charge in [-0.15, -0.1) is 12.4 Å². The average molecular weight is 347 g/mol. The van der Waals surface area contributed by atoms with Crippen molar-refractivity contribution in [3.8, 4) is 5.75 Å². The highest BCUT2D eigenvalue weighted by Crippen LogP contribution is 2.26. The van der Waals surface area contributed by atoms with Crippen LogP contribution in [0.2, 0.25) is 5.02 Å². The number of piperidine rings is 1. The molecule has 1 aromatic carbocycles. The smallest absolute Gasteiger partial charge is 0.260 e. The molecule has 0 spiro atoms. The van der Waals surface area contributed by atoms with Crippen molar-refractivity contribution >= 4 is 29.9 Å². The lowest BCUT2D eigenvalue weighted by atomic mass is 9.92. The Morgan fingerprint density at radius 2 is 2.23 bits per heavy atom. The number of carbonyl (C=O) groups excluding carboxylic acids is 1. The minimum absolute atomic E-state index is 0. The van der Waals surface area contributed by atoms with Gasteiger partial charge in [0.2, 0.25) is 0 Å². The predicted molar refractivity (Wildman–Crippen MR) is 91.9 cm³/mol. The van der Waals surface area contributed by atoms with Crippen LogP contribution in [-0.2, 0) is 4.79 Å². The molecule has 22 heavy (non-hydrogen) atoms. The van der Waals surface area contributed by atoms with Crippen LogP contribution in [0.1, 0.15) is 25.3 Å². The fourth-order valence-electron chi connectivity index (χ4n) is 2.77. The number of hydrogen-bond donors (Lipinski definition) is 1. The fourth-order valence-corrected chi connectivity index (χ4v) is 2.94. The summed E-state index contributed by atoms with van der Waals surface area (Å²) in [6, 6.07) is 5.58. The average Bonchev–Trinajstić information content (AvgIpc) is 2.48. The molecule has 6 heteroatoms. The lowest BCUT2D eigenvalue weighted by Crippen LogP contribution is -2.50. The minimum Gasteiger partial charge on any atom is -0.483 e. The zero-order valence-electron chi connectivity index (χ0n) is 13.0. The van der Waals surface area contributed by atoms with E-state index in [0.29, 0.717) is 23.2 Å². The number of hydrogen-bond acceptors (Lipinski definition) is 3. The largest absolute Gasteiger partial charge is 0.483 e. The minimum atomic E-state index is -0.00303. The highest BCUT2D eigenvalue weighted by molar-refractivity contribution is 6.31. The van der Waals surface area contributed by atoms with Crippen molar-refractivity contribution in [2.75, 3.05) is 19.7 Å². The van der Waals surface area contributed by atoms with E-state index in [9.17, 15) is 4.79 Å². The normalized spacial score (nSPS) is 21.2. The highest BCUT2D eigenvalue weighted by Gasteiger charge is 2.29. The van der Waals surface area contributed by atoms with Crippen molar-refractivity contribution in [2.24, 2.45) is 11.7 Å². The second kappa shape index (κ2) is 8.61. The van der Waals surface area contributed by atoms with Crippen molar-refractivity contribution in [1.82, 2.24) is 4.90 Å². The van der Waals surface area contributed by atoms with Gasteiger partial charge in [0.05, 0.1) is 0 Å². The Morgan fingerprint density at radius 3 is 2.91 bits per heavy atom. The molecule has 4 nitrogen and oxygen atoms in total. The van der Waals surface area contributed by atoms with Gasteiger partial charge in [0.25, 0.3) is 5.91 Å².